The zero-order valence-corrected chi connectivity index (χ0v) is 14.5. The van der Waals surface area contributed by atoms with Gasteiger partial charge in [0.2, 0.25) is 0 Å². The molecule has 6 nitrogen and oxygen atoms in total. The number of rotatable bonds is 7. The van der Waals surface area contributed by atoms with Crippen molar-refractivity contribution in [1.29, 1.82) is 0 Å². The van der Waals surface area contributed by atoms with Crippen LogP contribution in [0, 0.1) is 0 Å². The minimum absolute atomic E-state index is 0.00236. The second kappa shape index (κ2) is 8.67. The molecule has 0 aliphatic carbocycles. The van der Waals surface area contributed by atoms with Gasteiger partial charge in [0.15, 0.2) is 0 Å². The molecule has 0 aliphatic rings. The minimum atomic E-state index is -3.30. The second-order valence-electron chi connectivity index (χ2n) is 4.59. The van der Waals surface area contributed by atoms with Crippen molar-refractivity contribution in [1.82, 2.24) is 0 Å². The predicted molar refractivity (Wildman–Crippen MR) is 88.3 cm³/mol. The molecule has 0 spiro atoms. The van der Waals surface area contributed by atoms with Gasteiger partial charge in [-0.2, -0.15) is 0 Å². The topological polar surface area (TPSA) is 82.1 Å². The molecule has 0 radical (unpaired) electrons. The SMILES string of the molecule is COC(=O)C(/C(=C\CP(=O)(OC)OC)c1ccccc1)=C(/C)O. The van der Waals surface area contributed by atoms with Crippen LogP contribution in [0.25, 0.3) is 5.57 Å². The van der Waals surface area contributed by atoms with Crippen LogP contribution in [0.1, 0.15) is 12.5 Å². The van der Waals surface area contributed by atoms with Crippen molar-refractivity contribution in [3.05, 3.63) is 53.3 Å². The fourth-order valence-electron chi connectivity index (χ4n) is 1.96. The first-order valence-electron chi connectivity index (χ1n) is 6.83. The van der Waals surface area contributed by atoms with Crippen molar-refractivity contribution in [3.63, 3.8) is 0 Å². The van der Waals surface area contributed by atoms with Crippen molar-refractivity contribution in [2.45, 2.75) is 6.92 Å². The summed E-state index contributed by atoms with van der Waals surface area (Å²) in [6, 6.07) is 8.93. The summed E-state index contributed by atoms with van der Waals surface area (Å²) in [5.41, 5.74) is 1.06. The van der Waals surface area contributed by atoms with Gasteiger partial charge < -0.3 is 18.9 Å². The van der Waals surface area contributed by atoms with Crippen molar-refractivity contribution >= 4 is 19.1 Å². The quantitative estimate of drug-likeness (QED) is 0.269. The van der Waals surface area contributed by atoms with E-state index in [1.807, 2.05) is 6.07 Å². The van der Waals surface area contributed by atoms with Crippen LogP contribution in [0.4, 0.5) is 0 Å². The lowest BCUT2D eigenvalue weighted by molar-refractivity contribution is -0.135. The Morgan fingerprint density at radius 3 is 2.17 bits per heavy atom. The molecule has 1 rings (SSSR count). The van der Waals surface area contributed by atoms with Gasteiger partial charge in [0, 0.05) is 14.2 Å². The van der Waals surface area contributed by atoms with Gasteiger partial charge in [-0.25, -0.2) is 4.79 Å². The van der Waals surface area contributed by atoms with Gasteiger partial charge in [-0.05, 0) is 18.1 Å². The molecular weight excluding hydrogens is 319 g/mol. The molecule has 0 amide bonds. The fraction of sp³-hybridized carbons (Fsp3) is 0.312. The Hall–Kier alpha value is -1.88. The normalized spacial score (nSPS) is 13.5. The Balaban J connectivity index is 3.42. The number of benzene rings is 1. The van der Waals surface area contributed by atoms with Crippen LogP contribution in [0.3, 0.4) is 0 Å². The minimum Gasteiger partial charge on any atom is -0.512 e. The lowest BCUT2D eigenvalue weighted by atomic mass is 9.97. The average molecular weight is 340 g/mol. The third-order valence-corrected chi connectivity index (χ3v) is 4.92. The van der Waals surface area contributed by atoms with Gasteiger partial charge in [0.05, 0.1) is 13.3 Å². The van der Waals surface area contributed by atoms with Gasteiger partial charge in [0.1, 0.15) is 11.3 Å². The maximum atomic E-state index is 12.2. The molecule has 1 aromatic carbocycles. The van der Waals surface area contributed by atoms with E-state index >= 15 is 0 Å². The Labute approximate surface area is 135 Å². The van der Waals surface area contributed by atoms with E-state index in [2.05, 4.69) is 0 Å². The molecule has 1 N–H and O–H groups in total. The average Bonchev–Trinajstić information content (AvgIpc) is 2.58. The smallest absolute Gasteiger partial charge is 0.341 e. The molecule has 23 heavy (non-hydrogen) atoms. The first-order valence-corrected chi connectivity index (χ1v) is 8.56. The molecule has 0 heterocycles. The molecule has 0 unspecified atom stereocenters. The largest absolute Gasteiger partial charge is 0.512 e. The number of hydrogen-bond donors (Lipinski definition) is 1. The molecule has 7 heteroatoms. The molecule has 0 saturated heterocycles. The highest BCUT2D eigenvalue weighted by molar-refractivity contribution is 7.54. The van der Waals surface area contributed by atoms with Crippen LogP contribution in [-0.4, -0.2) is 38.6 Å². The number of hydrogen-bond acceptors (Lipinski definition) is 6. The number of carbonyl (C=O) groups excluding carboxylic acids is 1. The monoisotopic (exact) mass is 340 g/mol. The molecule has 0 saturated carbocycles. The van der Waals surface area contributed by atoms with E-state index in [4.69, 9.17) is 13.8 Å². The number of carbonyl (C=O) groups is 1. The Morgan fingerprint density at radius 1 is 1.17 bits per heavy atom. The van der Waals surface area contributed by atoms with Crippen molar-refractivity contribution in [2.75, 3.05) is 27.5 Å². The van der Waals surface area contributed by atoms with Crippen LogP contribution in [0.5, 0.6) is 0 Å². The summed E-state index contributed by atoms with van der Waals surface area (Å²) in [7, 11) is 0.501. The first kappa shape index (κ1) is 19.2. The van der Waals surface area contributed by atoms with E-state index in [0.29, 0.717) is 11.1 Å². The van der Waals surface area contributed by atoms with E-state index < -0.39 is 13.6 Å². The van der Waals surface area contributed by atoms with Crippen LogP contribution in [0.15, 0.2) is 47.7 Å². The highest BCUT2D eigenvalue weighted by atomic mass is 31.2. The molecule has 126 valence electrons. The Kier molecular flexibility index (Phi) is 7.23. The maximum Gasteiger partial charge on any atom is 0.341 e. The Morgan fingerprint density at radius 2 is 1.74 bits per heavy atom. The van der Waals surface area contributed by atoms with Crippen molar-refractivity contribution in [3.8, 4) is 0 Å². The molecule has 0 fully saturated rings. The van der Waals surface area contributed by atoms with E-state index in [1.165, 1.54) is 34.3 Å². The summed E-state index contributed by atoms with van der Waals surface area (Å²) in [6.07, 6.45) is 1.48. The third-order valence-electron chi connectivity index (χ3n) is 3.18. The van der Waals surface area contributed by atoms with Crippen LogP contribution in [0.2, 0.25) is 0 Å². The summed E-state index contributed by atoms with van der Waals surface area (Å²) in [4.78, 5) is 12.0. The molecule has 0 atom stereocenters. The summed E-state index contributed by atoms with van der Waals surface area (Å²) in [5, 5.41) is 9.90. The predicted octanol–water partition coefficient (Wildman–Crippen LogP) is 3.56. The van der Waals surface area contributed by atoms with Crippen LogP contribution in [-0.2, 0) is 23.1 Å². The van der Waals surface area contributed by atoms with Crippen LogP contribution < -0.4 is 0 Å². The van der Waals surface area contributed by atoms with Gasteiger partial charge in [0.25, 0.3) is 0 Å². The maximum absolute atomic E-state index is 12.2. The zero-order chi connectivity index (χ0) is 17.5. The van der Waals surface area contributed by atoms with Crippen molar-refractivity contribution in [2.24, 2.45) is 0 Å². The van der Waals surface area contributed by atoms with Gasteiger partial charge in [-0.3, -0.25) is 4.57 Å². The number of esters is 1. The van der Waals surface area contributed by atoms with Gasteiger partial charge in [-0.1, -0.05) is 36.4 Å². The fourth-order valence-corrected chi connectivity index (χ4v) is 2.82. The lowest BCUT2D eigenvalue weighted by Crippen LogP contribution is -2.10. The molecular formula is C16H21O6P. The number of aliphatic hydroxyl groups excluding tert-OH is 1. The summed E-state index contributed by atoms with van der Waals surface area (Å²) in [5.74, 6) is -0.888. The summed E-state index contributed by atoms with van der Waals surface area (Å²) in [6.45, 7) is 1.38. The number of aliphatic hydroxyl groups is 1. The highest BCUT2D eigenvalue weighted by Crippen LogP contribution is 2.47. The highest BCUT2D eigenvalue weighted by Gasteiger charge is 2.24. The van der Waals surface area contributed by atoms with E-state index in [9.17, 15) is 14.5 Å². The van der Waals surface area contributed by atoms with E-state index in [0.717, 1.165) is 0 Å². The molecule has 0 aromatic heterocycles. The van der Waals surface area contributed by atoms with E-state index in [-0.39, 0.29) is 17.5 Å². The molecule has 0 bridgehead atoms. The van der Waals surface area contributed by atoms with E-state index in [1.54, 1.807) is 24.3 Å². The lowest BCUT2D eigenvalue weighted by Gasteiger charge is -2.15. The number of allylic oxidation sites excluding steroid dienone is 2. The van der Waals surface area contributed by atoms with Crippen molar-refractivity contribution < 1.29 is 28.3 Å². The van der Waals surface area contributed by atoms with Crippen LogP contribution >= 0.6 is 7.60 Å². The summed E-state index contributed by atoms with van der Waals surface area (Å²) < 4.78 is 26.8. The first-order chi connectivity index (χ1) is 10.9. The Bertz CT molecular complexity index is 636. The number of ether oxygens (including phenoxy) is 1. The second-order valence-corrected chi connectivity index (χ2v) is 6.91. The van der Waals surface area contributed by atoms with Gasteiger partial charge >= 0.3 is 13.6 Å². The zero-order valence-electron chi connectivity index (χ0n) is 13.6. The van der Waals surface area contributed by atoms with Gasteiger partial charge in [-0.15, -0.1) is 0 Å². The number of methoxy groups -OCH3 is 1. The summed E-state index contributed by atoms with van der Waals surface area (Å²) >= 11 is 0. The standard InChI is InChI=1S/C16H21O6P/c1-12(17)15(16(18)20-2)14(13-8-6-5-7-9-13)10-11-23(19,21-3)22-4/h5-10,17H,11H2,1-4H3/b14-10-,15-12-. The third kappa shape index (κ3) is 5.06. The molecule has 0 aliphatic heterocycles. The molecule has 1 aromatic rings.